The van der Waals surface area contributed by atoms with Crippen LogP contribution < -0.4 is 4.90 Å². The summed E-state index contributed by atoms with van der Waals surface area (Å²) in [6, 6.07) is 0. The van der Waals surface area contributed by atoms with E-state index in [1.807, 2.05) is 6.20 Å². The van der Waals surface area contributed by atoms with Crippen LogP contribution in [0.15, 0.2) is 12.4 Å². The first-order valence-electron chi connectivity index (χ1n) is 5.87. The van der Waals surface area contributed by atoms with Crippen molar-refractivity contribution in [3.8, 4) is 0 Å². The number of alkyl halides is 1. The molecule has 0 N–H and O–H groups in total. The molecule has 4 heteroatoms. The highest BCUT2D eigenvalue weighted by atomic mass is 35.5. The van der Waals surface area contributed by atoms with Crippen LogP contribution in [0, 0.1) is 5.92 Å². The van der Waals surface area contributed by atoms with E-state index < -0.39 is 0 Å². The van der Waals surface area contributed by atoms with Crippen molar-refractivity contribution in [1.82, 2.24) is 9.97 Å². The van der Waals surface area contributed by atoms with Gasteiger partial charge in [-0.1, -0.05) is 12.8 Å². The van der Waals surface area contributed by atoms with Crippen LogP contribution in [-0.2, 0) is 5.88 Å². The molecule has 1 aliphatic rings. The van der Waals surface area contributed by atoms with Gasteiger partial charge in [0, 0.05) is 13.6 Å². The van der Waals surface area contributed by atoms with Crippen molar-refractivity contribution in [2.24, 2.45) is 5.92 Å². The van der Waals surface area contributed by atoms with E-state index in [9.17, 15) is 0 Å². The molecular formula is C12H18ClN3. The maximum atomic E-state index is 5.68. The van der Waals surface area contributed by atoms with Gasteiger partial charge in [0.15, 0.2) is 0 Å². The van der Waals surface area contributed by atoms with E-state index >= 15 is 0 Å². The van der Waals surface area contributed by atoms with E-state index in [0.29, 0.717) is 5.88 Å². The van der Waals surface area contributed by atoms with Gasteiger partial charge in [0.05, 0.1) is 24.0 Å². The topological polar surface area (TPSA) is 29.0 Å². The van der Waals surface area contributed by atoms with Crippen molar-refractivity contribution < 1.29 is 0 Å². The monoisotopic (exact) mass is 239 g/mol. The average Bonchev–Trinajstić information content (AvgIpc) is 2.82. The van der Waals surface area contributed by atoms with Gasteiger partial charge < -0.3 is 4.90 Å². The van der Waals surface area contributed by atoms with Gasteiger partial charge in [-0.2, -0.15) is 0 Å². The molecule has 0 spiro atoms. The lowest BCUT2D eigenvalue weighted by molar-refractivity contribution is 0.544. The third-order valence-corrected chi connectivity index (χ3v) is 3.50. The predicted molar refractivity (Wildman–Crippen MR) is 66.8 cm³/mol. The normalized spacial score (nSPS) is 16.6. The Labute approximate surface area is 102 Å². The lowest BCUT2D eigenvalue weighted by Crippen LogP contribution is -2.25. The second-order valence-corrected chi connectivity index (χ2v) is 4.80. The SMILES string of the molecule is CN(CC1CCCC1)c1cnc(CCl)cn1. The summed E-state index contributed by atoms with van der Waals surface area (Å²) in [7, 11) is 2.09. The first-order chi connectivity index (χ1) is 7.79. The quantitative estimate of drug-likeness (QED) is 0.757. The van der Waals surface area contributed by atoms with Crippen molar-refractivity contribution in [2.75, 3.05) is 18.5 Å². The van der Waals surface area contributed by atoms with Gasteiger partial charge in [0.2, 0.25) is 0 Å². The van der Waals surface area contributed by atoms with Crippen molar-refractivity contribution in [3.05, 3.63) is 18.1 Å². The van der Waals surface area contributed by atoms with Crippen LogP contribution in [0.4, 0.5) is 5.82 Å². The largest absolute Gasteiger partial charge is 0.358 e. The van der Waals surface area contributed by atoms with Gasteiger partial charge in [-0.15, -0.1) is 11.6 Å². The minimum atomic E-state index is 0.430. The molecule has 88 valence electrons. The molecule has 0 radical (unpaired) electrons. The number of aromatic nitrogens is 2. The Balaban J connectivity index is 1.94. The summed E-state index contributed by atoms with van der Waals surface area (Å²) < 4.78 is 0. The average molecular weight is 240 g/mol. The predicted octanol–water partition coefficient (Wildman–Crippen LogP) is 2.84. The van der Waals surface area contributed by atoms with Gasteiger partial charge in [-0.05, 0) is 18.8 Å². The molecule has 0 bridgehead atoms. The molecule has 1 saturated carbocycles. The van der Waals surface area contributed by atoms with Crippen LogP contribution in [0.2, 0.25) is 0 Å². The molecule has 0 atom stereocenters. The zero-order chi connectivity index (χ0) is 11.4. The van der Waals surface area contributed by atoms with E-state index in [0.717, 1.165) is 24.0 Å². The third kappa shape index (κ3) is 2.85. The molecule has 1 aromatic rings. The number of halogens is 1. The molecule has 1 fully saturated rings. The molecule has 0 amide bonds. The molecule has 1 aliphatic carbocycles. The van der Waals surface area contributed by atoms with Crippen LogP contribution in [-0.4, -0.2) is 23.6 Å². The molecule has 0 unspecified atom stereocenters. The fraction of sp³-hybridized carbons (Fsp3) is 0.667. The number of hydrogen-bond acceptors (Lipinski definition) is 3. The maximum Gasteiger partial charge on any atom is 0.146 e. The second kappa shape index (κ2) is 5.48. The maximum absolute atomic E-state index is 5.68. The molecule has 1 heterocycles. The molecule has 1 aromatic heterocycles. The lowest BCUT2D eigenvalue weighted by Gasteiger charge is -2.21. The van der Waals surface area contributed by atoms with E-state index in [1.54, 1.807) is 6.20 Å². The van der Waals surface area contributed by atoms with Crippen molar-refractivity contribution in [2.45, 2.75) is 31.6 Å². The highest BCUT2D eigenvalue weighted by molar-refractivity contribution is 6.16. The van der Waals surface area contributed by atoms with Gasteiger partial charge in [0.1, 0.15) is 5.82 Å². The van der Waals surface area contributed by atoms with Crippen molar-refractivity contribution >= 4 is 17.4 Å². The van der Waals surface area contributed by atoms with Crippen LogP contribution in [0.3, 0.4) is 0 Å². The zero-order valence-corrected chi connectivity index (χ0v) is 10.5. The van der Waals surface area contributed by atoms with Gasteiger partial charge in [0.25, 0.3) is 0 Å². The summed E-state index contributed by atoms with van der Waals surface area (Å²) >= 11 is 5.68. The van der Waals surface area contributed by atoms with Crippen LogP contribution >= 0.6 is 11.6 Å². The molecule has 2 rings (SSSR count). The summed E-state index contributed by atoms with van der Waals surface area (Å²) in [6.45, 7) is 1.09. The standard InChI is InChI=1S/C12H18ClN3/c1-16(9-10-4-2-3-5-10)12-8-14-11(6-13)7-15-12/h7-8,10H,2-6,9H2,1H3. The summed E-state index contributed by atoms with van der Waals surface area (Å²) in [5.41, 5.74) is 0.833. The first kappa shape index (κ1) is 11.6. The van der Waals surface area contributed by atoms with E-state index in [4.69, 9.17) is 11.6 Å². The highest BCUT2D eigenvalue weighted by Gasteiger charge is 2.17. The van der Waals surface area contributed by atoms with Gasteiger partial charge in [-0.3, -0.25) is 4.98 Å². The van der Waals surface area contributed by atoms with Gasteiger partial charge in [-0.25, -0.2) is 4.98 Å². The summed E-state index contributed by atoms with van der Waals surface area (Å²) in [4.78, 5) is 10.8. The number of hydrogen-bond donors (Lipinski definition) is 0. The molecule has 0 aliphatic heterocycles. The van der Waals surface area contributed by atoms with Crippen LogP contribution in [0.25, 0.3) is 0 Å². The Morgan fingerprint density at radius 2 is 2.06 bits per heavy atom. The molecule has 0 saturated heterocycles. The fourth-order valence-corrected chi connectivity index (χ4v) is 2.43. The van der Waals surface area contributed by atoms with Crippen LogP contribution in [0.5, 0.6) is 0 Å². The lowest BCUT2D eigenvalue weighted by atomic mass is 10.1. The Bertz CT molecular complexity index is 320. The zero-order valence-electron chi connectivity index (χ0n) is 9.69. The van der Waals surface area contributed by atoms with E-state index in [1.165, 1.54) is 25.7 Å². The molecular weight excluding hydrogens is 222 g/mol. The Kier molecular flexibility index (Phi) is 3.99. The minimum Gasteiger partial charge on any atom is -0.358 e. The highest BCUT2D eigenvalue weighted by Crippen LogP contribution is 2.26. The number of nitrogens with zero attached hydrogens (tertiary/aromatic N) is 3. The minimum absolute atomic E-state index is 0.430. The fourth-order valence-electron chi connectivity index (χ4n) is 2.29. The number of anilines is 1. The summed E-state index contributed by atoms with van der Waals surface area (Å²) in [5, 5.41) is 0. The summed E-state index contributed by atoms with van der Waals surface area (Å²) in [5.74, 6) is 2.21. The Morgan fingerprint density at radius 3 is 2.62 bits per heavy atom. The van der Waals surface area contributed by atoms with E-state index in [2.05, 4.69) is 21.9 Å². The second-order valence-electron chi connectivity index (χ2n) is 4.53. The first-order valence-corrected chi connectivity index (χ1v) is 6.41. The van der Waals surface area contributed by atoms with Gasteiger partial charge >= 0.3 is 0 Å². The summed E-state index contributed by atoms with van der Waals surface area (Å²) in [6.07, 6.45) is 9.06. The van der Waals surface area contributed by atoms with Crippen molar-refractivity contribution in [1.29, 1.82) is 0 Å². The molecule has 3 nitrogen and oxygen atoms in total. The molecule has 0 aromatic carbocycles. The Morgan fingerprint density at radius 1 is 1.31 bits per heavy atom. The smallest absolute Gasteiger partial charge is 0.146 e. The number of rotatable bonds is 4. The van der Waals surface area contributed by atoms with Crippen molar-refractivity contribution in [3.63, 3.8) is 0 Å². The third-order valence-electron chi connectivity index (χ3n) is 3.23. The van der Waals surface area contributed by atoms with E-state index in [-0.39, 0.29) is 0 Å². The van der Waals surface area contributed by atoms with Crippen LogP contribution in [0.1, 0.15) is 31.4 Å². The Hall–Kier alpha value is -0.830. The molecule has 16 heavy (non-hydrogen) atoms.